The minimum atomic E-state index is -0.272. The van der Waals surface area contributed by atoms with Gasteiger partial charge in [0.15, 0.2) is 0 Å². The van der Waals surface area contributed by atoms with Crippen LogP contribution in [-0.2, 0) is 4.74 Å². The van der Waals surface area contributed by atoms with Crippen molar-refractivity contribution in [2.24, 2.45) is 0 Å². The van der Waals surface area contributed by atoms with E-state index in [1.807, 2.05) is 6.07 Å². The van der Waals surface area contributed by atoms with E-state index in [1.165, 1.54) is 6.07 Å². The number of methoxy groups -OCH3 is 1. The van der Waals surface area contributed by atoms with Crippen LogP contribution in [0.3, 0.4) is 0 Å². The third kappa shape index (κ3) is 3.62. The maximum absolute atomic E-state index is 13.5. The maximum Gasteiger partial charge on any atom is 0.141 e. The van der Waals surface area contributed by atoms with Gasteiger partial charge in [0.2, 0.25) is 0 Å². The second-order valence-corrected chi connectivity index (χ2v) is 6.80. The first-order chi connectivity index (χ1) is 10.7. The van der Waals surface area contributed by atoms with Gasteiger partial charge in [0.05, 0.1) is 17.1 Å². The normalized spacial score (nSPS) is 22.6. The molecule has 4 nitrogen and oxygen atoms in total. The molecule has 2 heterocycles. The first-order valence-corrected chi connectivity index (χ1v) is 8.55. The van der Waals surface area contributed by atoms with Crippen LogP contribution >= 0.6 is 15.9 Å². The number of rotatable bonds is 5. The molecule has 6 heteroatoms. The summed E-state index contributed by atoms with van der Waals surface area (Å²) in [5.74, 6) is 0.390. The van der Waals surface area contributed by atoms with Crippen LogP contribution in [0.5, 0.6) is 5.75 Å². The van der Waals surface area contributed by atoms with Crippen molar-refractivity contribution in [1.29, 1.82) is 0 Å². The monoisotopic (exact) mass is 372 g/mol. The topological polar surface area (TPSA) is 33.7 Å². The van der Waals surface area contributed by atoms with Crippen LogP contribution in [0.2, 0.25) is 0 Å². The number of nitrogens with zero attached hydrogens (tertiary/aromatic N) is 1. The molecule has 0 amide bonds. The van der Waals surface area contributed by atoms with Crippen LogP contribution in [0.1, 0.15) is 24.4 Å². The molecule has 1 atom stereocenters. The lowest BCUT2D eigenvalue weighted by Gasteiger charge is -2.33. The van der Waals surface area contributed by atoms with E-state index in [4.69, 9.17) is 9.47 Å². The minimum Gasteiger partial charge on any atom is -0.491 e. The lowest BCUT2D eigenvalue weighted by atomic mass is 10.0. The lowest BCUT2D eigenvalue weighted by Crippen LogP contribution is -2.44. The zero-order valence-corrected chi connectivity index (χ0v) is 14.4. The van der Waals surface area contributed by atoms with Crippen molar-refractivity contribution in [2.45, 2.75) is 24.9 Å². The van der Waals surface area contributed by atoms with Crippen LogP contribution in [0, 0.1) is 5.82 Å². The van der Waals surface area contributed by atoms with Crippen LogP contribution in [-0.4, -0.2) is 50.9 Å². The summed E-state index contributed by atoms with van der Waals surface area (Å²) >= 11 is 3.26. The van der Waals surface area contributed by atoms with E-state index in [0.29, 0.717) is 22.9 Å². The number of likely N-dealkylation sites (tertiary alicyclic amines) is 1. The molecule has 1 saturated heterocycles. The van der Waals surface area contributed by atoms with E-state index in [1.54, 1.807) is 7.11 Å². The molecule has 0 spiro atoms. The molecule has 2 aliphatic heterocycles. The molecule has 3 rings (SSSR count). The van der Waals surface area contributed by atoms with Crippen LogP contribution in [0.25, 0.3) is 0 Å². The number of ether oxygens (including phenoxy) is 2. The van der Waals surface area contributed by atoms with Gasteiger partial charge in [-0.2, -0.15) is 0 Å². The van der Waals surface area contributed by atoms with Gasteiger partial charge in [-0.3, -0.25) is 0 Å². The van der Waals surface area contributed by atoms with Crippen molar-refractivity contribution >= 4 is 15.9 Å². The van der Waals surface area contributed by atoms with Crippen molar-refractivity contribution in [3.8, 4) is 5.75 Å². The molecule has 0 bridgehead atoms. The molecular weight excluding hydrogens is 351 g/mol. The van der Waals surface area contributed by atoms with E-state index in [2.05, 4.69) is 26.1 Å². The van der Waals surface area contributed by atoms with Gasteiger partial charge in [-0.15, -0.1) is 0 Å². The molecule has 1 aromatic rings. The fourth-order valence-corrected chi connectivity index (χ4v) is 3.53. The molecular formula is C16H22BrFN2O2. The molecule has 1 N–H and O–H groups in total. The Hall–Kier alpha value is -0.690. The smallest absolute Gasteiger partial charge is 0.141 e. The number of hydrogen-bond acceptors (Lipinski definition) is 4. The molecule has 1 aromatic carbocycles. The Labute approximate surface area is 139 Å². The van der Waals surface area contributed by atoms with Gasteiger partial charge in [-0.05, 0) is 47.9 Å². The van der Waals surface area contributed by atoms with Crippen molar-refractivity contribution < 1.29 is 13.9 Å². The van der Waals surface area contributed by atoms with Crippen molar-refractivity contribution in [1.82, 2.24) is 10.2 Å². The zero-order chi connectivity index (χ0) is 15.5. The third-order valence-electron chi connectivity index (χ3n) is 4.47. The highest BCUT2D eigenvalue weighted by molar-refractivity contribution is 9.10. The summed E-state index contributed by atoms with van der Waals surface area (Å²) in [5, 5.41) is 3.67. The Morgan fingerprint density at radius 2 is 2.18 bits per heavy atom. The van der Waals surface area contributed by atoms with Gasteiger partial charge in [0.1, 0.15) is 18.2 Å². The Bertz CT molecular complexity index is 521. The van der Waals surface area contributed by atoms with Gasteiger partial charge >= 0.3 is 0 Å². The lowest BCUT2D eigenvalue weighted by molar-refractivity contribution is 0.123. The number of nitrogens with one attached hydrogen (secondary N) is 1. The van der Waals surface area contributed by atoms with Gasteiger partial charge in [-0.25, -0.2) is 4.39 Å². The van der Waals surface area contributed by atoms with Crippen LogP contribution in [0.4, 0.5) is 4.39 Å². The number of piperidine rings is 1. The summed E-state index contributed by atoms with van der Waals surface area (Å²) in [7, 11) is 1.74. The van der Waals surface area contributed by atoms with E-state index in [0.717, 1.165) is 44.6 Å². The molecule has 2 aliphatic rings. The van der Waals surface area contributed by atoms with Gasteiger partial charge < -0.3 is 19.7 Å². The molecule has 1 fully saturated rings. The summed E-state index contributed by atoms with van der Waals surface area (Å²) in [5.41, 5.74) is 1.05. The second-order valence-electron chi connectivity index (χ2n) is 5.94. The van der Waals surface area contributed by atoms with E-state index < -0.39 is 0 Å². The number of hydrogen-bond donors (Lipinski definition) is 1. The number of halogens is 2. The molecule has 0 aliphatic carbocycles. The van der Waals surface area contributed by atoms with Gasteiger partial charge in [0.25, 0.3) is 0 Å². The number of benzene rings is 1. The SMILES string of the molecule is COCCN1CCC(NC2COc3cc(F)c(Br)cc32)CC1. The van der Waals surface area contributed by atoms with Crippen molar-refractivity contribution in [3.63, 3.8) is 0 Å². The highest BCUT2D eigenvalue weighted by Gasteiger charge is 2.29. The fourth-order valence-electron chi connectivity index (χ4n) is 3.17. The quantitative estimate of drug-likeness (QED) is 0.861. The molecule has 1 unspecified atom stereocenters. The summed E-state index contributed by atoms with van der Waals surface area (Å²) in [6.07, 6.45) is 2.25. The first-order valence-electron chi connectivity index (χ1n) is 7.76. The highest BCUT2D eigenvalue weighted by atomic mass is 79.9. The van der Waals surface area contributed by atoms with E-state index in [9.17, 15) is 4.39 Å². The molecule has 0 radical (unpaired) electrons. The summed E-state index contributed by atoms with van der Waals surface area (Å²) in [6, 6.07) is 3.95. The van der Waals surface area contributed by atoms with Crippen molar-refractivity contribution in [3.05, 3.63) is 28.0 Å². The van der Waals surface area contributed by atoms with Gasteiger partial charge in [0, 0.05) is 31.3 Å². The van der Waals surface area contributed by atoms with Crippen molar-refractivity contribution in [2.75, 3.05) is 40.0 Å². The average Bonchev–Trinajstić information content (AvgIpc) is 2.89. The van der Waals surface area contributed by atoms with E-state index in [-0.39, 0.29) is 11.9 Å². The predicted molar refractivity (Wildman–Crippen MR) is 86.8 cm³/mol. The average molecular weight is 373 g/mol. The molecule has 22 heavy (non-hydrogen) atoms. The summed E-state index contributed by atoms with van der Waals surface area (Å²) in [6.45, 7) is 4.56. The molecule has 0 saturated carbocycles. The fraction of sp³-hybridized carbons (Fsp3) is 0.625. The zero-order valence-electron chi connectivity index (χ0n) is 12.8. The highest BCUT2D eigenvalue weighted by Crippen LogP contribution is 2.36. The first kappa shape index (κ1) is 16.2. The Morgan fingerprint density at radius 1 is 1.41 bits per heavy atom. The standard InChI is InChI=1S/C16H22BrFN2O2/c1-21-7-6-20-4-2-11(3-5-20)19-15-10-22-16-9-14(18)13(17)8-12(15)16/h8-9,11,15,19H,2-7,10H2,1H3. The third-order valence-corrected chi connectivity index (χ3v) is 5.08. The molecule has 0 aromatic heterocycles. The minimum absolute atomic E-state index is 0.155. The largest absolute Gasteiger partial charge is 0.491 e. The summed E-state index contributed by atoms with van der Waals surface area (Å²) in [4.78, 5) is 2.44. The van der Waals surface area contributed by atoms with Crippen LogP contribution in [0.15, 0.2) is 16.6 Å². The van der Waals surface area contributed by atoms with E-state index >= 15 is 0 Å². The summed E-state index contributed by atoms with van der Waals surface area (Å²) < 4.78 is 24.8. The van der Waals surface area contributed by atoms with Crippen LogP contribution < -0.4 is 10.1 Å². The molecule has 122 valence electrons. The van der Waals surface area contributed by atoms with Gasteiger partial charge in [-0.1, -0.05) is 0 Å². The maximum atomic E-state index is 13.5. The number of fused-ring (bicyclic) bond motifs is 1. The predicted octanol–water partition coefficient (Wildman–Crippen LogP) is 2.72. The Balaban J connectivity index is 1.55. The Kier molecular flexibility index (Phi) is 5.33. The Morgan fingerprint density at radius 3 is 2.91 bits per heavy atom. The second kappa shape index (κ2) is 7.25.